The molecule has 10 heteroatoms. The predicted octanol–water partition coefficient (Wildman–Crippen LogP) is 3.39. The third-order valence-corrected chi connectivity index (χ3v) is 6.93. The summed E-state index contributed by atoms with van der Waals surface area (Å²) in [4.78, 5) is 55.7. The van der Waals surface area contributed by atoms with Crippen LogP contribution in [0.4, 0.5) is 5.82 Å². The molecule has 2 heterocycles. The van der Waals surface area contributed by atoms with Gasteiger partial charge in [-0.3, -0.25) is 18.7 Å². The highest BCUT2D eigenvalue weighted by atomic mass is 35.5. The van der Waals surface area contributed by atoms with Crippen LogP contribution in [0.1, 0.15) is 44.0 Å². The molecular weight excluding hydrogens is 508 g/mol. The summed E-state index contributed by atoms with van der Waals surface area (Å²) in [6.45, 7) is -0.713. The van der Waals surface area contributed by atoms with Crippen molar-refractivity contribution in [1.29, 1.82) is 0 Å². The lowest BCUT2D eigenvalue weighted by Gasteiger charge is -2.13. The molecule has 0 amide bonds. The second kappa shape index (κ2) is 9.75. The highest BCUT2D eigenvalue weighted by Gasteiger charge is 2.29. The number of allylic oxidation sites excluding steroid dienone is 1. The number of esters is 1. The first-order valence-electron chi connectivity index (χ1n) is 11.8. The monoisotopic (exact) mass is 530 g/mol. The Bertz CT molecular complexity index is 1780. The van der Waals surface area contributed by atoms with Gasteiger partial charge in [0.15, 0.2) is 6.61 Å². The number of para-hydroxylation sites is 1. The molecule has 5 rings (SSSR count). The lowest BCUT2D eigenvalue weighted by Crippen LogP contribution is -2.42. The van der Waals surface area contributed by atoms with Gasteiger partial charge in [0.1, 0.15) is 11.4 Å². The molecule has 2 aromatic carbocycles. The normalized spacial score (nSPS) is 13.6. The first-order valence-corrected chi connectivity index (χ1v) is 12.2. The quantitative estimate of drug-likeness (QED) is 0.309. The smallest absolute Gasteiger partial charge is 0.339 e. The minimum atomic E-state index is -0.848. The highest BCUT2D eigenvalue weighted by molar-refractivity contribution is 6.30. The van der Waals surface area contributed by atoms with Crippen LogP contribution in [-0.4, -0.2) is 32.5 Å². The van der Waals surface area contributed by atoms with Crippen molar-refractivity contribution in [1.82, 2.24) is 14.1 Å². The van der Waals surface area contributed by atoms with Crippen LogP contribution in [0.25, 0.3) is 22.6 Å². The standard InChI is InChI=1S/C28H23ClN4O5/c1-32-25(30)23(26(35)33(2)28(32)37)21(34)14-38-27(36)22-18-5-3-4-6-20(18)31-24-16(9-12-19(22)24)13-15-7-10-17(29)11-8-15/h3-8,10-11,13H,9,12,14,30H2,1-2H3. The number of rotatable bonds is 5. The van der Waals surface area contributed by atoms with Gasteiger partial charge in [-0.25, -0.2) is 14.6 Å². The lowest BCUT2D eigenvalue weighted by atomic mass is 10.0. The van der Waals surface area contributed by atoms with Crippen molar-refractivity contribution in [3.63, 3.8) is 0 Å². The van der Waals surface area contributed by atoms with E-state index in [2.05, 4.69) is 0 Å². The van der Waals surface area contributed by atoms with Crippen LogP contribution in [0.5, 0.6) is 0 Å². The molecule has 9 nitrogen and oxygen atoms in total. The van der Waals surface area contributed by atoms with E-state index in [-0.39, 0.29) is 5.82 Å². The number of nitrogens with two attached hydrogens (primary N) is 1. The summed E-state index contributed by atoms with van der Waals surface area (Å²) in [6.07, 6.45) is 3.26. The zero-order valence-corrected chi connectivity index (χ0v) is 21.4. The second-order valence-electron chi connectivity index (χ2n) is 9.02. The van der Waals surface area contributed by atoms with Crippen molar-refractivity contribution in [2.45, 2.75) is 12.8 Å². The van der Waals surface area contributed by atoms with Gasteiger partial charge in [0.2, 0.25) is 5.78 Å². The van der Waals surface area contributed by atoms with Gasteiger partial charge in [-0.2, -0.15) is 0 Å². The minimum Gasteiger partial charge on any atom is -0.454 e. The molecule has 0 fully saturated rings. The van der Waals surface area contributed by atoms with Gasteiger partial charge >= 0.3 is 11.7 Å². The van der Waals surface area contributed by atoms with E-state index in [0.717, 1.165) is 25.8 Å². The second-order valence-corrected chi connectivity index (χ2v) is 9.45. The number of fused-ring (bicyclic) bond motifs is 2. The molecule has 2 aromatic heterocycles. The maximum Gasteiger partial charge on any atom is 0.339 e. The van der Waals surface area contributed by atoms with Crippen molar-refractivity contribution >= 4 is 51.7 Å². The van der Waals surface area contributed by atoms with Crippen LogP contribution in [0.2, 0.25) is 5.02 Å². The summed E-state index contributed by atoms with van der Waals surface area (Å²) in [6, 6.07) is 14.6. The molecule has 0 spiro atoms. The number of ether oxygens (including phenoxy) is 1. The Morgan fingerprint density at radius 1 is 1.03 bits per heavy atom. The van der Waals surface area contributed by atoms with Crippen LogP contribution in [-0.2, 0) is 25.3 Å². The van der Waals surface area contributed by atoms with Gasteiger partial charge in [0.25, 0.3) is 5.56 Å². The summed E-state index contributed by atoms with van der Waals surface area (Å²) in [5.74, 6) is -1.79. The number of hydrogen-bond acceptors (Lipinski definition) is 7. The van der Waals surface area contributed by atoms with E-state index in [4.69, 9.17) is 27.1 Å². The van der Waals surface area contributed by atoms with Crippen LogP contribution in [0, 0.1) is 0 Å². The first-order chi connectivity index (χ1) is 18.2. The van der Waals surface area contributed by atoms with E-state index in [1.54, 1.807) is 12.1 Å². The Labute approximate surface area is 221 Å². The molecule has 0 unspecified atom stereocenters. The Balaban J connectivity index is 1.51. The molecule has 1 aliphatic carbocycles. The molecule has 0 atom stereocenters. The van der Waals surface area contributed by atoms with Crippen molar-refractivity contribution in [3.8, 4) is 0 Å². The van der Waals surface area contributed by atoms with Gasteiger partial charge < -0.3 is 10.5 Å². The average Bonchev–Trinajstić information content (AvgIpc) is 3.31. The number of carbonyl (C=O) groups excluding carboxylic acids is 2. The summed E-state index contributed by atoms with van der Waals surface area (Å²) >= 11 is 6.01. The highest BCUT2D eigenvalue weighted by Crippen LogP contribution is 2.38. The SMILES string of the molecule is Cn1c(N)c(C(=O)COC(=O)c2c3c(nc4ccccc24)C(=Cc2ccc(Cl)cc2)CC3)c(=O)n(C)c1=O. The summed E-state index contributed by atoms with van der Waals surface area (Å²) in [5.41, 5.74) is 8.27. The van der Waals surface area contributed by atoms with Crippen LogP contribution in [0.15, 0.2) is 58.1 Å². The number of anilines is 1. The van der Waals surface area contributed by atoms with Gasteiger partial charge in [-0.15, -0.1) is 0 Å². The van der Waals surface area contributed by atoms with E-state index in [1.807, 2.05) is 42.5 Å². The van der Waals surface area contributed by atoms with Gasteiger partial charge in [-0.05, 0) is 53.8 Å². The number of halogens is 1. The number of carbonyl (C=O) groups is 2. The Hall–Kier alpha value is -4.50. The number of aromatic nitrogens is 3. The topological polar surface area (TPSA) is 126 Å². The number of Topliss-reactive ketones (excluding diaryl/α,β-unsaturated/α-hetero) is 1. The molecule has 0 aliphatic heterocycles. The van der Waals surface area contributed by atoms with Crippen LogP contribution < -0.4 is 17.0 Å². The summed E-state index contributed by atoms with van der Waals surface area (Å²) in [7, 11) is 2.59. The lowest BCUT2D eigenvalue weighted by molar-refractivity contribution is 0.0475. The fourth-order valence-corrected chi connectivity index (χ4v) is 4.80. The van der Waals surface area contributed by atoms with Gasteiger partial charge in [-0.1, -0.05) is 41.9 Å². The fraction of sp³-hybridized carbons (Fsp3) is 0.179. The molecule has 0 bridgehead atoms. The fourth-order valence-electron chi connectivity index (χ4n) is 4.67. The largest absolute Gasteiger partial charge is 0.454 e. The average molecular weight is 531 g/mol. The third kappa shape index (κ3) is 4.31. The maximum atomic E-state index is 13.4. The first kappa shape index (κ1) is 25.2. The van der Waals surface area contributed by atoms with Crippen molar-refractivity contribution < 1.29 is 14.3 Å². The van der Waals surface area contributed by atoms with Crippen LogP contribution in [0.3, 0.4) is 0 Å². The van der Waals surface area contributed by atoms with Crippen LogP contribution >= 0.6 is 11.6 Å². The zero-order chi connectivity index (χ0) is 27.1. The molecule has 0 saturated carbocycles. The Kier molecular flexibility index (Phi) is 6.46. The van der Waals surface area contributed by atoms with Gasteiger partial charge in [0, 0.05) is 24.5 Å². The van der Waals surface area contributed by atoms with Gasteiger partial charge in [0.05, 0.1) is 16.8 Å². The molecule has 4 aromatic rings. The molecule has 0 saturated heterocycles. The van der Waals surface area contributed by atoms with E-state index < -0.39 is 35.2 Å². The molecule has 1 aliphatic rings. The summed E-state index contributed by atoms with van der Waals surface area (Å²) < 4.78 is 7.20. The molecular formula is C28H23ClN4O5. The number of benzene rings is 2. The van der Waals surface area contributed by atoms with E-state index in [1.165, 1.54) is 14.1 Å². The maximum absolute atomic E-state index is 13.4. The minimum absolute atomic E-state index is 0.286. The molecule has 192 valence electrons. The number of nitrogens with zero attached hydrogens (tertiary/aromatic N) is 3. The number of ketones is 1. The summed E-state index contributed by atoms with van der Waals surface area (Å²) in [5, 5.41) is 1.24. The van der Waals surface area contributed by atoms with E-state index in [0.29, 0.717) is 40.0 Å². The predicted molar refractivity (Wildman–Crippen MR) is 145 cm³/mol. The molecule has 2 N–H and O–H groups in total. The molecule has 0 radical (unpaired) electrons. The van der Waals surface area contributed by atoms with Crippen molar-refractivity contribution in [2.75, 3.05) is 12.3 Å². The van der Waals surface area contributed by atoms with E-state index in [9.17, 15) is 19.2 Å². The third-order valence-electron chi connectivity index (χ3n) is 6.68. The number of pyridine rings is 1. The van der Waals surface area contributed by atoms with Crippen molar-refractivity contribution in [3.05, 3.63) is 102 Å². The zero-order valence-electron chi connectivity index (χ0n) is 20.7. The number of hydrogen-bond donors (Lipinski definition) is 1. The van der Waals surface area contributed by atoms with Crippen molar-refractivity contribution in [2.24, 2.45) is 14.1 Å². The molecule has 38 heavy (non-hydrogen) atoms. The Morgan fingerprint density at radius 2 is 1.74 bits per heavy atom. The Morgan fingerprint density at radius 3 is 2.47 bits per heavy atom. The van der Waals surface area contributed by atoms with E-state index >= 15 is 0 Å². The number of nitrogen functional groups attached to an aromatic ring is 1.